The molecule has 0 heterocycles. The summed E-state index contributed by atoms with van der Waals surface area (Å²) in [5.41, 5.74) is 5.28. The maximum atomic E-state index is 12.5. The van der Waals surface area contributed by atoms with Crippen molar-refractivity contribution in [3.05, 3.63) is 89.5 Å². The highest BCUT2D eigenvalue weighted by Gasteiger charge is 2.41. The minimum atomic E-state index is -0.819. The van der Waals surface area contributed by atoms with Crippen LogP contribution in [0.25, 0.3) is 11.1 Å². The molecule has 2 aliphatic carbocycles. The number of carbonyl (C=O) groups excluding carboxylic acids is 1. The first-order valence-corrected chi connectivity index (χ1v) is 11.5. The lowest BCUT2D eigenvalue weighted by Crippen LogP contribution is -2.37. The van der Waals surface area contributed by atoms with Crippen LogP contribution in [0.5, 0.6) is 0 Å². The zero-order chi connectivity index (χ0) is 22.8. The number of nitrogens with one attached hydrogen (secondary N) is 1. The Morgan fingerprint density at radius 2 is 1.42 bits per heavy atom. The summed E-state index contributed by atoms with van der Waals surface area (Å²) in [5.74, 6) is -0.758. The van der Waals surface area contributed by atoms with Crippen LogP contribution < -0.4 is 5.32 Å². The minimum Gasteiger partial charge on any atom is -0.481 e. The molecule has 0 aromatic heterocycles. The van der Waals surface area contributed by atoms with Gasteiger partial charge in [-0.1, -0.05) is 79.9 Å². The maximum absolute atomic E-state index is 12.5. The summed E-state index contributed by atoms with van der Waals surface area (Å²) in [7, 11) is 0. The largest absolute Gasteiger partial charge is 0.481 e. The van der Waals surface area contributed by atoms with Gasteiger partial charge in [0.15, 0.2) is 0 Å². The van der Waals surface area contributed by atoms with Crippen LogP contribution in [0.3, 0.4) is 0 Å². The van der Waals surface area contributed by atoms with Gasteiger partial charge >= 0.3 is 12.1 Å². The summed E-state index contributed by atoms with van der Waals surface area (Å²) >= 11 is 0. The zero-order valence-corrected chi connectivity index (χ0v) is 18.4. The fourth-order valence-corrected chi connectivity index (χ4v) is 5.41. The first-order valence-electron chi connectivity index (χ1n) is 11.5. The lowest BCUT2D eigenvalue weighted by molar-refractivity contribution is -0.145. The number of ether oxygens (including phenoxy) is 1. The second-order valence-corrected chi connectivity index (χ2v) is 8.98. The summed E-state index contributed by atoms with van der Waals surface area (Å²) in [6, 6.07) is 23.6. The Kier molecular flexibility index (Phi) is 5.63. The third-order valence-corrected chi connectivity index (χ3v) is 7.14. The van der Waals surface area contributed by atoms with Gasteiger partial charge in [0.2, 0.25) is 0 Å². The first kappa shape index (κ1) is 21.3. The Morgan fingerprint density at radius 3 is 2.00 bits per heavy atom. The van der Waals surface area contributed by atoms with Crippen molar-refractivity contribution in [2.75, 3.05) is 11.9 Å². The smallest absolute Gasteiger partial charge is 0.411 e. The summed E-state index contributed by atoms with van der Waals surface area (Å²) in [5, 5.41) is 12.7. The van der Waals surface area contributed by atoms with Crippen molar-refractivity contribution in [2.45, 2.75) is 43.4 Å². The van der Waals surface area contributed by atoms with Crippen molar-refractivity contribution in [1.29, 1.82) is 0 Å². The number of anilines is 1. The second kappa shape index (κ2) is 8.74. The third-order valence-electron chi connectivity index (χ3n) is 7.14. The van der Waals surface area contributed by atoms with Crippen LogP contribution in [-0.4, -0.2) is 23.8 Å². The first-order chi connectivity index (χ1) is 16.1. The van der Waals surface area contributed by atoms with Gasteiger partial charge in [0.05, 0.1) is 5.41 Å². The van der Waals surface area contributed by atoms with E-state index in [1.165, 1.54) is 22.3 Å². The predicted octanol–water partition coefficient (Wildman–Crippen LogP) is 6.33. The zero-order valence-electron chi connectivity index (χ0n) is 18.4. The average molecular weight is 442 g/mol. The number of rotatable bonds is 5. The molecule has 0 saturated heterocycles. The number of carboxylic acids is 1. The summed E-state index contributed by atoms with van der Waals surface area (Å²) in [4.78, 5) is 24.6. The quantitative estimate of drug-likeness (QED) is 0.485. The van der Waals surface area contributed by atoms with Crippen LogP contribution >= 0.6 is 0 Å². The van der Waals surface area contributed by atoms with Crippen LogP contribution in [0.2, 0.25) is 0 Å². The molecule has 5 heteroatoms. The van der Waals surface area contributed by atoms with E-state index in [1.807, 2.05) is 36.4 Å². The van der Waals surface area contributed by atoms with E-state index >= 15 is 0 Å². The standard InChI is InChI=1S/C28H27NO4/c30-26(31)28(16-6-1-7-17-28)19-12-14-20(15-13-19)29-27(32)33-18-25-23-10-4-2-8-21(23)22-9-3-5-11-24(22)25/h2-5,8-15,25H,1,6-7,16-18H2,(H,29,32)(H,30,31). The van der Waals surface area contributed by atoms with E-state index in [1.54, 1.807) is 12.1 Å². The van der Waals surface area contributed by atoms with Gasteiger partial charge in [0, 0.05) is 11.6 Å². The highest BCUT2D eigenvalue weighted by molar-refractivity contribution is 5.86. The molecule has 0 spiro atoms. The number of hydrogen-bond donors (Lipinski definition) is 2. The van der Waals surface area contributed by atoms with Gasteiger partial charge in [-0.15, -0.1) is 0 Å². The van der Waals surface area contributed by atoms with Crippen LogP contribution in [0.15, 0.2) is 72.8 Å². The lowest BCUT2D eigenvalue weighted by atomic mass is 9.69. The summed E-state index contributed by atoms with van der Waals surface area (Å²) in [6.45, 7) is 0.250. The van der Waals surface area contributed by atoms with E-state index in [2.05, 4.69) is 29.6 Å². The Hall–Kier alpha value is -3.60. The Bertz CT molecular complexity index is 1130. The fourth-order valence-electron chi connectivity index (χ4n) is 5.41. The molecule has 0 bridgehead atoms. The molecule has 5 nitrogen and oxygen atoms in total. The molecule has 0 unspecified atom stereocenters. The van der Waals surface area contributed by atoms with E-state index in [9.17, 15) is 14.7 Å². The third kappa shape index (κ3) is 3.88. The molecule has 3 aromatic carbocycles. The molecule has 0 radical (unpaired) electrons. The Labute approximate surface area is 193 Å². The second-order valence-electron chi connectivity index (χ2n) is 8.98. The number of hydrogen-bond acceptors (Lipinski definition) is 3. The molecule has 168 valence electrons. The van der Waals surface area contributed by atoms with E-state index in [0.29, 0.717) is 18.5 Å². The number of benzene rings is 3. The molecule has 2 aliphatic rings. The highest BCUT2D eigenvalue weighted by Crippen LogP contribution is 2.44. The van der Waals surface area contributed by atoms with Crippen molar-refractivity contribution in [3.8, 4) is 11.1 Å². The molecule has 1 fully saturated rings. The number of carboxylic acid groups (broad SMARTS) is 1. The van der Waals surface area contributed by atoms with E-state index in [-0.39, 0.29) is 12.5 Å². The van der Waals surface area contributed by atoms with Crippen LogP contribution in [-0.2, 0) is 14.9 Å². The molecule has 3 aromatic rings. The highest BCUT2D eigenvalue weighted by atomic mass is 16.5. The van der Waals surface area contributed by atoms with Gasteiger partial charge in [-0.3, -0.25) is 10.1 Å². The SMILES string of the molecule is O=C(Nc1ccc(C2(C(=O)O)CCCCC2)cc1)OCC1c2ccccc2-c2ccccc21. The van der Waals surface area contributed by atoms with Crippen molar-refractivity contribution < 1.29 is 19.4 Å². The molecular weight excluding hydrogens is 414 g/mol. The monoisotopic (exact) mass is 441 g/mol. The topological polar surface area (TPSA) is 75.6 Å². The molecule has 33 heavy (non-hydrogen) atoms. The number of carbonyl (C=O) groups is 2. The van der Waals surface area contributed by atoms with Crippen molar-refractivity contribution >= 4 is 17.7 Å². The average Bonchev–Trinajstić information content (AvgIpc) is 3.17. The maximum Gasteiger partial charge on any atom is 0.411 e. The normalized spacial score (nSPS) is 16.5. The van der Waals surface area contributed by atoms with Gasteiger partial charge in [-0.2, -0.15) is 0 Å². The van der Waals surface area contributed by atoms with E-state index in [4.69, 9.17) is 4.74 Å². The molecule has 0 aliphatic heterocycles. The number of amides is 1. The summed E-state index contributed by atoms with van der Waals surface area (Å²) in [6.07, 6.45) is 3.72. The molecular formula is C28H27NO4. The Balaban J connectivity index is 1.25. The lowest BCUT2D eigenvalue weighted by Gasteiger charge is -2.33. The molecule has 5 rings (SSSR count). The van der Waals surface area contributed by atoms with Crippen molar-refractivity contribution in [3.63, 3.8) is 0 Å². The minimum absolute atomic E-state index is 0.00672. The molecule has 0 atom stereocenters. The van der Waals surface area contributed by atoms with Gasteiger partial charge in [-0.05, 0) is 52.8 Å². The van der Waals surface area contributed by atoms with Gasteiger partial charge < -0.3 is 9.84 Å². The summed E-state index contributed by atoms with van der Waals surface area (Å²) < 4.78 is 5.60. The predicted molar refractivity (Wildman–Crippen MR) is 128 cm³/mol. The molecule has 1 amide bonds. The van der Waals surface area contributed by atoms with Crippen LogP contribution in [0.4, 0.5) is 10.5 Å². The van der Waals surface area contributed by atoms with Crippen LogP contribution in [0.1, 0.15) is 54.7 Å². The molecule has 2 N–H and O–H groups in total. The number of aliphatic carboxylic acids is 1. The number of fused-ring (bicyclic) bond motifs is 3. The fraction of sp³-hybridized carbons (Fsp3) is 0.286. The molecule has 1 saturated carbocycles. The van der Waals surface area contributed by atoms with Gasteiger partial charge in [0.25, 0.3) is 0 Å². The Morgan fingerprint density at radius 1 is 0.848 bits per heavy atom. The van der Waals surface area contributed by atoms with Crippen molar-refractivity contribution in [2.24, 2.45) is 0 Å². The van der Waals surface area contributed by atoms with E-state index < -0.39 is 17.5 Å². The van der Waals surface area contributed by atoms with Crippen molar-refractivity contribution in [1.82, 2.24) is 0 Å². The van der Waals surface area contributed by atoms with Gasteiger partial charge in [0.1, 0.15) is 6.61 Å². The van der Waals surface area contributed by atoms with Crippen LogP contribution in [0, 0.1) is 0 Å². The van der Waals surface area contributed by atoms with Gasteiger partial charge in [-0.25, -0.2) is 4.79 Å². The van der Waals surface area contributed by atoms with E-state index in [0.717, 1.165) is 24.8 Å².